The molecule has 18 heavy (non-hydrogen) atoms. The van der Waals surface area contributed by atoms with Crippen LogP contribution < -0.4 is 5.32 Å². The average Bonchev–Trinajstić information content (AvgIpc) is 2.33. The molecule has 100 valence electrons. The smallest absolute Gasteiger partial charge is 0.272 e. The Morgan fingerprint density at radius 3 is 2.67 bits per heavy atom. The number of carbonyl (C=O) groups excluding carboxylic acids is 1. The summed E-state index contributed by atoms with van der Waals surface area (Å²) in [5.74, 6) is -0.0769. The van der Waals surface area contributed by atoms with Gasteiger partial charge in [-0.1, -0.05) is 0 Å². The molecule has 0 spiro atoms. The quantitative estimate of drug-likeness (QED) is 0.769. The lowest BCUT2D eigenvalue weighted by atomic mass is 10.3. The lowest BCUT2D eigenvalue weighted by molar-refractivity contribution is 0.0822. The van der Waals surface area contributed by atoms with E-state index in [0.717, 1.165) is 25.2 Å². The van der Waals surface area contributed by atoms with Gasteiger partial charge in [-0.2, -0.15) is 0 Å². The highest BCUT2D eigenvalue weighted by atomic mass is 16.2. The van der Waals surface area contributed by atoms with E-state index in [2.05, 4.69) is 29.3 Å². The number of pyridine rings is 1. The van der Waals surface area contributed by atoms with Gasteiger partial charge in [0.15, 0.2) is 0 Å². The molecule has 0 fully saturated rings. The first-order valence-electron chi connectivity index (χ1n) is 6.07. The van der Waals surface area contributed by atoms with Crippen molar-refractivity contribution >= 4 is 11.6 Å². The molecule has 1 aromatic heterocycles. The summed E-state index contributed by atoms with van der Waals surface area (Å²) < 4.78 is 0. The molecule has 0 bridgehead atoms. The maximum Gasteiger partial charge on any atom is 0.272 e. The van der Waals surface area contributed by atoms with Crippen molar-refractivity contribution in [3.63, 3.8) is 0 Å². The Kier molecular flexibility index (Phi) is 5.58. The van der Waals surface area contributed by atoms with E-state index in [4.69, 9.17) is 0 Å². The van der Waals surface area contributed by atoms with Gasteiger partial charge in [0.2, 0.25) is 0 Å². The first kappa shape index (κ1) is 14.4. The third-order valence-corrected chi connectivity index (χ3v) is 2.50. The van der Waals surface area contributed by atoms with Crippen LogP contribution >= 0.6 is 0 Å². The van der Waals surface area contributed by atoms with E-state index in [0.29, 0.717) is 5.69 Å². The summed E-state index contributed by atoms with van der Waals surface area (Å²) in [7, 11) is 7.56. The third-order valence-electron chi connectivity index (χ3n) is 2.50. The molecule has 1 amide bonds. The van der Waals surface area contributed by atoms with Crippen LogP contribution in [0.15, 0.2) is 18.3 Å². The van der Waals surface area contributed by atoms with Crippen molar-refractivity contribution in [2.24, 2.45) is 0 Å². The van der Waals surface area contributed by atoms with Gasteiger partial charge in [0.1, 0.15) is 5.69 Å². The maximum absolute atomic E-state index is 11.7. The zero-order chi connectivity index (χ0) is 13.5. The van der Waals surface area contributed by atoms with E-state index in [1.54, 1.807) is 26.4 Å². The van der Waals surface area contributed by atoms with Gasteiger partial charge in [-0.05, 0) is 39.2 Å². The molecule has 0 saturated carbocycles. The predicted octanol–water partition coefficient (Wildman–Crippen LogP) is 1.15. The van der Waals surface area contributed by atoms with Crippen LogP contribution in [0, 0.1) is 0 Å². The normalized spacial score (nSPS) is 10.5. The summed E-state index contributed by atoms with van der Waals surface area (Å²) in [5, 5.41) is 3.30. The summed E-state index contributed by atoms with van der Waals surface area (Å²) >= 11 is 0. The molecule has 1 N–H and O–H groups in total. The summed E-state index contributed by atoms with van der Waals surface area (Å²) in [6.07, 6.45) is 2.72. The Labute approximate surface area is 109 Å². The Morgan fingerprint density at radius 2 is 2.06 bits per heavy atom. The van der Waals surface area contributed by atoms with E-state index < -0.39 is 0 Å². The minimum Gasteiger partial charge on any atom is -0.385 e. The number of nitrogens with zero attached hydrogens (tertiary/aromatic N) is 3. The van der Waals surface area contributed by atoms with Gasteiger partial charge in [0.25, 0.3) is 5.91 Å². The number of anilines is 1. The van der Waals surface area contributed by atoms with Crippen molar-refractivity contribution in [3.8, 4) is 0 Å². The fraction of sp³-hybridized carbons (Fsp3) is 0.538. The molecule has 1 heterocycles. The van der Waals surface area contributed by atoms with Gasteiger partial charge < -0.3 is 15.1 Å². The molecular weight excluding hydrogens is 228 g/mol. The first-order valence-corrected chi connectivity index (χ1v) is 6.07. The molecule has 0 radical (unpaired) electrons. The second kappa shape index (κ2) is 6.96. The number of hydrogen-bond donors (Lipinski definition) is 1. The molecule has 0 aliphatic carbocycles. The van der Waals surface area contributed by atoms with E-state index in [1.807, 2.05) is 6.07 Å². The van der Waals surface area contributed by atoms with Gasteiger partial charge >= 0.3 is 0 Å². The largest absolute Gasteiger partial charge is 0.385 e. The number of nitrogens with one attached hydrogen (secondary N) is 1. The highest BCUT2D eigenvalue weighted by molar-refractivity contribution is 5.92. The monoisotopic (exact) mass is 250 g/mol. The fourth-order valence-electron chi connectivity index (χ4n) is 1.51. The highest BCUT2D eigenvalue weighted by Crippen LogP contribution is 2.09. The van der Waals surface area contributed by atoms with E-state index in [9.17, 15) is 4.79 Å². The zero-order valence-corrected chi connectivity index (χ0v) is 11.6. The van der Waals surface area contributed by atoms with Crippen LogP contribution in [-0.4, -0.2) is 62.0 Å². The third kappa shape index (κ3) is 4.71. The molecular formula is C13H22N4O. The summed E-state index contributed by atoms with van der Waals surface area (Å²) in [4.78, 5) is 19.5. The lowest BCUT2D eigenvalue weighted by Gasteiger charge is -2.12. The molecule has 1 aromatic rings. The second-order valence-corrected chi connectivity index (χ2v) is 4.71. The minimum atomic E-state index is -0.0769. The first-order chi connectivity index (χ1) is 8.50. The maximum atomic E-state index is 11.7. The molecule has 0 atom stereocenters. The number of aromatic nitrogens is 1. The SMILES string of the molecule is CN(C)CCCNc1ccnc(C(=O)N(C)C)c1. The minimum absolute atomic E-state index is 0.0769. The Balaban J connectivity index is 2.52. The van der Waals surface area contributed by atoms with Crippen LogP contribution in [-0.2, 0) is 0 Å². The molecule has 0 saturated heterocycles. The van der Waals surface area contributed by atoms with E-state index in [1.165, 1.54) is 4.90 Å². The van der Waals surface area contributed by atoms with Crippen molar-refractivity contribution in [2.75, 3.05) is 46.6 Å². The van der Waals surface area contributed by atoms with E-state index >= 15 is 0 Å². The lowest BCUT2D eigenvalue weighted by Crippen LogP contribution is -2.23. The van der Waals surface area contributed by atoms with Crippen LogP contribution in [0.25, 0.3) is 0 Å². The van der Waals surface area contributed by atoms with Crippen LogP contribution in [0.5, 0.6) is 0 Å². The number of hydrogen-bond acceptors (Lipinski definition) is 4. The molecule has 1 rings (SSSR count). The molecule has 0 aliphatic heterocycles. The van der Waals surface area contributed by atoms with Gasteiger partial charge in [-0.15, -0.1) is 0 Å². The molecule has 5 heteroatoms. The molecule has 0 aromatic carbocycles. The van der Waals surface area contributed by atoms with Crippen LogP contribution in [0.1, 0.15) is 16.9 Å². The molecule has 0 aliphatic rings. The van der Waals surface area contributed by atoms with Crippen molar-refractivity contribution in [3.05, 3.63) is 24.0 Å². The van der Waals surface area contributed by atoms with Crippen molar-refractivity contribution in [2.45, 2.75) is 6.42 Å². The van der Waals surface area contributed by atoms with Crippen molar-refractivity contribution < 1.29 is 4.79 Å². The Hall–Kier alpha value is -1.62. The van der Waals surface area contributed by atoms with Crippen LogP contribution in [0.4, 0.5) is 5.69 Å². The Morgan fingerprint density at radius 1 is 1.33 bits per heavy atom. The standard InChI is InChI=1S/C13H22N4O/c1-16(2)9-5-7-14-11-6-8-15-12(10-11)13(18)17(3)4/h6,8,10H,5,7,9H2,1-4H3,(H,14,15). The van der Waals surface area contributed by atoms with Gasteiger partial charge in [-0.3, -0.25) is 9.78 Å². The molecule has 5 nitrogen and oxygen atoms in total. The van der Waals surface area contributed by atoms with Gasteiger partial charge in [0.05, 0.1) is 0 Å². The number of amides is 1. The van der Waals surface area contributed by atoms with Crippen LogP contribution in [0.3, 0.4) is 0 Å². The highest BCUT2D eigenvalue weighted by Gasteiger charge is 2.09. The fourth-order valence-corrected chi connectivity index (χ4v) is 1.51. The van der Waals surface area contributed by atoms with Crippen molar-refractivity contribution in [1.82, 2.24) is 14.8 Å². The van der Waals surface area contributed by atoms with Gasteiger partial charge in [-0.25, -0.2) is 0 Å². The second-order valence-electron chi connectivity index (χ2n) is 4.71. The summed E-state index contributed by atoms with van der Waals surface area (Å²) in [6, 6.07) is 3.67. The van der Waals surface area contributed by atoms with Crippen LogP contribution in [0.2, 0.25) is 0 Å². The summed E-state index contributed by atoms with van der Waals surface area (Å²) in [6.45, 7) is 1.93. The Bertz CT molecular complexity index is 390. The zero-order valence-electron chi connectivity index (χ0n) is 11.6. The number of rotatable bonds is 6. The topological polar surface area (TPSA) is 48.5 Å². The number of carbonyl (C=O) groups is 1. The predicted molar refractivity (Wildman–Crippen MR) is 73.9 cm³/mol. The summed E-state index contributed by atoms with van der Waals surface area (Å²) in [5.41, 5.74) is 1.41. The van der Waals surface area contributed by atoms with Crippen molar-refractivity contribution in [1.29, 1.82) is 0 Å². The average molecular weight is 250 g/mol. The van der Waals surface area contributed by atoms with Gasteiger partial charge in [0, 0.05) is 32.5 Å². The van der Waals surface area contributed by atoms with E-state index in [-0.39, 0.29) is 5.91 Å². The molecule has 0 unspecified atom stereocenters.